The molecule has 2 aromatic heterocycles. The van der Waals surface area contributed by atoms with Crippen LogP contribution in [-0.4, -0.2) is 38.5 Å². The minimum Gasteiger partial charge on any atom is -0.478 e. The van der Waals surface area contributed by atoms with Crippen LogP contribution in [0.15, 0.2) is 17.5 Å². The minimum atomic E-state index is -0.981. The predicted octanol–water partition coefficient (Wildman–Crippen LogP) is 2.28. The number of carbonyl (C=O) groups excluding carboxylic acids is 1. The van der Waals surface area contributed by atoms with E-state index in [1.807, 2.05) is 11.4 Å². The van der Waals surface area contributed by atoms with E-state index in [1.165, 1.54) is 17.4 Å². The number of nitrogens with zero attached hydrogens (tertiary/aromatic N) is 3. The van der Waals surface area contributed by atoms with Crippen LogP contribution in [0.2, 0.25) is 0 Å². The lowest BCUT2D eigenvalue weighted by molar-refractivity contribution is -0.131. The van der Waals surface area contributed by atoms with Crippen LogP contribution in [0.4, 0.5) is 0 Å². The lowest BCUT2D eigenvalue weighted by Gasteiger charge is -2.15. The van der Waals surface area contributed by atoms with Crippen molar-refractivity contribution in [3.05, 3.63) is 38.5 Å². The van der Waals surface area contributed by atoms with Gasteiger partial charge in [0, 0.05) is 24.5 Å². The summed E-state index contributed by atoms with van der Waals surface area (Å²) in [5.41, 5.74) is 1.59. The van der Waals surface area contributed by atoms with Crippen molar-refractivity contribution in [2.45, 2.75) is 13.5 Å². The number of amides is 1. The first-order valence-electron chi connectivity index (χ1n) is 6.00. The van der Waals surface area contributed by atoms with Gasteiger partial charge in [-0.25, -0.2) is 4.79 Å². The third kappa shape index (κ3) is 3.96. The quantitative estimate of drug-likeness (QED) is 0.854. The molecule has 0 aliphatic rings. The molecular weight excluding hydrogens is 310 g/mol. The molecule has 0 unspecified atom stereocenters. The average molecular weight is 323 g/mol. The van der Waals surface area contributed by atoms with E-state index in [-0.39, 0.29) is 5.91 Å². The van der Waals surface area contributed by atoms with Gasteiger partial charge in [-0.15, -0.1) is 16.4 Å². The Kier molecular flexibility index (Phi) is 4.81. The second-order valence-electron chi connectivity index (χ2n) is 4.38. The average Bonchev–Trinajstić information content (AvgIpc) is 3.04. The van der Waals surface area contributed by atoms with Crippen LogP contribution in [0.3, 0.4) is 0 Å². The molecule has 0 bridgehead atoms. The number of thiophene rings is 1. The summed E-state index contributed by atoms with van der Waals surface area (Å²) in [5, 5.41) is 14.3. The predicted molar refractivity (Wildman–Crippen MR) is 81.4 cm³/mol. The zero-order valence-corrected chi connectivity index (χ0v) is 13.1. The Morgan fingerprint density at radius 1 is 1.48 bits per heavy atom. The first kappa shape index (κ1) is 15.3. The summed E-state index contributed by atoms with van der Waals surface area (Å²) in [7, 11) is 1.71. The molecule has 0 aliphatic heterocycles. The highest BCUT2D eigenvalue weighted by Crippen LogP contribution is 2.19. The number of carboxylic acids is 1. The fourth-order valence-corrected chi connectivity index (χ4v) is 3.11. The van der Waals surface area contributed by atoms with Gasteiger partial charge in [-0.3, -0.25) is 4.79 Å². The summed E-state index contributed by atoms with van der Waals surface area (Å²) in [4.78, 5) is 25.7. The smallest absolute Gasteiger partial charge is 0.328 e. The monoisotopic (exact) mass is 323 g/mol. The summed E-state index contributed by atoms with van der Waals surface area (Å²) in [6, 6.07) is 1.87. The van der Waals surface area contributed by atoms with Gasteiger partial charge in [0.2, 0.25) is 0 Å². The third-order valence-corrected chi connectivity index (χ3v) is 4.44. The van der Waals surface area contributed by atoms with Crippen molar-refractivity contribution in [1.29, 1.82) is 0 Å². The molecule has 0 aliphatic carbocycles. The maximum Gasteiger partial charge on any atom is 0.328 e. The largest absolute Gasteiger partial charge is 0.478 e. The van der Waals surface area contributed by atoms with E-state index in [9.17, 15) is 9.59 Å². The molecule has 0 saturated heterocycles. The summed E-state index contributed by atoms with van der Waals surface area (Å²) >= 11 is 2.52. The second kappa shape index (κ2) is 6.59. The Hall–Kier alpha value is -2.06. The molecule has 0 aromatic carbocycles. The van der Waals surface area contributed by atoms with E-state index in [2.05, 4.69) is 9.59 Å². The van der Waals surface area contributed by atoms with Crippen molar-refractivity contribution in [3.8, 4) is 0 Å². The van der Waals surface area contributed by atoms with E-state index in [0.717, 1.165) is 28.0 Å². The molecule has 2 aromatic rings. The van der Waals surface area contributed by atoms with Crippen LogP contribution in [0.25, 0.3) is 6.08 Å². The lowest BCUT2D eigenvalue weighted by Crippen LogP contribution is -2.25. The van der Waals surface area contributed by atoms with Gasteiger partial charge in [-0.05, 0) is 41.5 Å². The topological polar surface area (TPSA) is 83.4 Å². The zero-order chi connectivity index (χ0) is 15.4. The Morgan fingerprint density at radius 3 is 2.86 bits per heavy atom. The highest BCUT2D eigenvalue weighted by Gasteiger charge is 2.18. The number of hydrogen-bond donors (Lipinski definition) is 1. The normalized spacial score (nSPS) is 11.0. The number of aliphatic carboxylic acids is 1. The van der Waals surface area contributed by atoms with Crippen molar-refractivity contribution in [2.75, 3.05) is 7.05 Å². The van der Waals surface area contributed by atoms with Gasteiger partial charge >= 0.3 is 5.97 Å². The molecule has 2 rings (SSSR count). The number of carboxylic acid groups (broad SMARTS) is 1. The van der Waals surface area contributed by atoms with Gasteiger partial charge in [0.1, 0.15) is 4.88 Å². The fraction of sp³-hybridized carbons (Fsp3) is 0.231. The van der Waals surface area contributed by atoms with Gasteiger partial charge in [0.05, 0.1) is 5.69 Å². The van der Waals surface area contributed by atoms with E-state index in [1.54, 1.807) is 18.9 Å². The van der Waals surface area contributed by atoms with Crippen LogP contribution in [0, 0.1) is 6.92 Å². The van der Waals surface area contributed by atoms with E-state index >= 15 is 0 Å². The Bertz CT molecular complexity index is 690. The Labute approximate surface area is 129 Å². The van der Waals surface area contributed by atoms with Crippen molar-refractivity contribution in [2.24, 2.45) is 0 Å². The third-order valence-electron chi connectivity index (χ3n) is 2.68. The standard InChI is InChI=1S/C13H13N3O3S2/c1-8-12(21-15-14-8)13(19)16(2)6-9-5-10(20-7-9)3-4-11(17)18/h3-5,7H,6H2,1-2H3,(H,17,18). The molecule has 0 fully saturated rings. The van der Waals surface area contributed by atoms with Crippen LogP contribution < -0.4 is 0 Å². The first-order valence-corrected chi connectivity index (χ1v) is 7.65. The van der Waals surface area contributed by atoms with Crippen LogP contribution in [-0.2, 0) is 11.3 Å². The number of rotatable bonds is 5. The molecule has 2 heterocycles. The van der Waals surface area contributed by atoms with Gasteiger partial charge in [0.25, 0.3) is 5.91 Å². The van der Waals surface area contributed by atoms with Gasteiger partial charge in [-0.1, -0.05) is 4.49 Å². The lowest BCUT2D eigenvalue weighted by atomic mass is 10.2. The maximum absolute atomic E-state index is 12.2. The van der Waals surface area contributed by atoms with E-state index < -0.39 is 5.97 Å². The SMILES string of the molecule is Cc1nnsc1C(=O)N(C)Cc1csc(C=CC(=O)O)c1. The van der Waals surface area contributed by atoms with E-state index in [4.69, 9.17) is 5.11 Å². The Morgan fingerprint density at radius 2 is 2.24 bits per heavy atom. The molecular formula is C13H13N3O3S2. The second-order valence-corrected chi connectivity index (χ2v) is 6.07. The summed E-state index contributed by atoms with van der Waals surface area (Å²) in [6.07, 6.45) is 2.63. The number of aromatic nitrogens is 2. The number of aryl methyl sites for hydroxylation is 1. The molecule has 1 N–H and O–H groups in total. The number of hydrogen-bond acceptors (Lipinski definition) is 6. The molecule has 110 valence electrons. The van der Waals surface area contributed by atoms with Crippen molar-refractivity contribution >= 4 is 40.8 Å². The maximum atomic E-state index is 12.2. The van der Waals surface area contributed by atoms with Gasteiger partial charge < -0.3 is 10.0 Å². The van der Waals surface area contributed by atoms with Crippen LogP contribution >= 0.6 is 22.9 Å². The van der Waals surface area contributed by atoms with Crippen LogP contribution in [0.1, 0.15) is 25.8 Å². The molecule has 0 atom stereocenters. The van der Waals surface area contributed by atoms with Crippen molar-refractivity contribution in [3.63, 3.8) is 0 Å². The molecule has 8 heteroatoms. The van der Waals surface area contributed by atoms with Gasteiger partial charge in [-0.2, -0.15) is 0 Å². The zero-order valence-electron chi connectivity index (χ0n) is 11.4. The highest BCUT2D eigenvalue weighted by atomic mass is 32.1. The molecule has 6 nitrogen and oxygen atoms in total. The summed E-state index contributed by atoms with van der Waals surface area (Å²) in [6.45, 7) is 2.21. The van der Waals surface area contributed by atoms with Crippen molar-refractivity contribution in [1.82, 2.24) is 14.5 Å². The van der Waals surface area contributed by atoms with Gasteiger partial charge in [0.15, 0.2) is 0 Å². The molecule has 0 radical (unpaired) electrons. The summed E-state index contributed by atoms with van der Waals surface area (Å²) < 4.78 is 3.76. The summed E-state index contributed by atoms with van der Waals surface area (Å²) in [5.74, 6) is -1.10. The fourth-order valence-electron chi connectivity index (χ4n) is 1.66. The minimum absolute atomic E-state index is 0.115. The Balaban J connectivity index is 2.03. The first-order chi connectivity index (χ1) is 9.97. The molecule has 1 amide bonds. The van der Waals surface area contributed by atoms with Crippen LogP contribution in [0.5, 0.6) is 0 Å². The van der Waals surface area contributed by atoms with Crippen molar-refractivity contribution < 1.29 is 14.7 Å². The molecule has 0 spiro atoms. The molecule has 0 saturated carbocycles. The number of carbonyl (C=O) groups is 2. The highest BCUT2D eigenvalue weighted by molar-refractivity contribution is 7.11. The van der Waals surface area contributed by atoms with E-state index in [0.29, 0.717) is 17.1 Å². The molecule has 21 heavy (non-hydrogen) atoms.